The van der Waals surface area contributed by atoms with Crippen molar-refractivity contribution in [2.24, 2.45) is 0 Å². The van der Waals surface area contributed by atoms with E-state index in [4.69, 9.17) is 12.6 Å². The van der Waals surface area contributed by atoms with Crippen LogP contribution in [0.25, 0.3) is 6.08 Å². The van der Waals surface area contributed by atoms with Gasteiger partial charge >= 0.3 is 0 Å². The summed E-state index contributed by atoms with van der Waals surface area (Å²) in [6.07, 6.45) is 13.6. The van der Waals surface area contributed by atoms with Crippen LogP contribution in [-0.2, 0) is 0 Å². The van der Waals surface area contributed by atoms with Crippen molar-refractivity contribution in [3.05, 3.63) is 54.1 Å². The van der Waals surface area contributed by atoms with E-state index in [1.165, 1.54) is 24.8 Å². The molecule has 1 aromatic carbocycles. The standard InChI is InChI=1S/C15H18S/c16-15(11-5-2-6-12-15)13-7-10-14-8-3-1-4-9-14/h1,3-5,7-11,16H,2,6,12-13H2/b10-7+/t15-/m0/s1. The number of thiol groups is 1. The molecule has 1 aromatic rings. The van der Waals surface area contributed by atoms with E-state index in [-0.39, 0.29) is 4.75 Å². The van der Waals surface area contributed by atoms with E-state index in [2.05, 4.69) is 48.6 Å². The molecule has 0 fully saturated rings. The lowest BCUT2D eigenvalue weighted by atomic mass is 9.91. The van der Waals surface area contributed by atoms with Crippen molar-refractivity contribution in [1.82, 2.24) is 0 Å². The highest BCUT2D eigenvalue weighted by molar-refractivity contribution is 7.82. The van der Waals surface area contributed by atoms with Gasteiger partial charge in [0.2, 0.25) is 0 Å². The van der Waals surface area contributed by atoms with Gasteiger partial charge in [0.1, 0.15) is 0 Å². The second-order valence-electron chi connectivity index (χ2n) is 4.42. The first-order valence-corrected chi connectivity index (χ1v) is 6.35. The summed E-state index contributed by atoms with van der Waals surface area (Å²) in [6, 6.07) is 10.4. The quantitative estimate of drug-likeness (QED) is 0.573. The molecule has 0 radical (unpaired) electrons. The SMILES string of the molecule is S[C@@]1(C/C=C/c2ccccc2)C=CCCC1. The van der Waals surface area contributed by atoms with E-state index in [0.717, 1.165) is 6.42 Å². The van der Waals surface area contributed by atoms with E-state index in [1.807, 2.05) is 6.07 Å². The molecule has 1 aliphatic carbocycles. The van der Waals surface area contributed by atoms with Crippen LogP contribution in [0.3, 0.4) is 0 Å². The monoisotopic (exact) mass is 230 g/mol. The van der Waals surface area contributed by atoms with Crippen LogP contribution >= 0.6 is 12.6 Å². The zero-order valence-electron chi connectivity index (χ0n) is 9.47. The van der Waals surface area contributed by atoms with Crippen LogP contribution in [0, 0.1) is 0 Å². The first kappa shape index (κ1) is 11.5. The highest BCUT2D eigenvalue weighted by Gasteiger charge is 2.21. The topological polar surface area (TPSA) is 0 Å². The molecule has 0 aromatic heterocycles. The Hall–Kier alpha value is -0.950. The van der Waals surface area contributed by atoms with Crippen LogP contribution in [0.5, 0.6) is 0 Å². The van der Waals surface area contributed by atoms with Gasteiger partial charge in [0.25, 0.3) is 0 Å². The maximum Gasteiger partial charge on any atom is 0.0343 e. The van der Waals surface area contributed by atoms with Crippen LogP contribution in [0.4, 0.5) is 0 Å². The van der Waals surface area contributed by atoms with Crippen LogP contribution in [0.1, 0.15) is 31.2 Å². The molecule has 0 spiro atoms. The minimum absolute atomic E-state index is 0.0868. The molecule has 0 N–H and O–H groups in total. The summed E-state index contributed by atoms with van der Waals surface area (Å²) in [5, 5.41) is 0. The Labute approximate surface area is 103 Å². The first-order chi connectivity index (χ1) is 7.79. The third kappa shape index (κ3) is 3.28. The Bertz CT molecular complexity index is 378. The molecule has 0 saturated carbocycles. The predicted molar refractivity (Wildman–Crippen MR) is 74.8 cm³/mol. The maximum absolute atomic E-state index is 4.76. The predicted octanol–water partition coefficient (Wildman–Crippen LogP) is 4.50. The van der Waals surface area contributed by atoms with Gasteiger partial charge < -0.3 is 0 Å². The second kappa shape index (κ2) is 5.40. The average Bonchev–Trinajstić information content (AvgIpc) is 2.31. The Kier molecular flexibility index (Phi) is 3.89. The number of rotatable bonds is 3. The van der Waals surface area contributed by atoms with Crippen LogP contribution < -0.4 is 0 Å². The van der Waals surface area contributed by atoms with E-state index < -0.39 is 0 Å². The number of hydrogen-bond acceptors (Lipinski definition) is 1. The van der Waals surface area contributed by atoms with Crippen LogP contribution in [0.2, 0.25) is 0 Å². The van der Waals surface area contributed by atoms with E-state index in [0.29, 0.717) is 0 Å². The average molecular weight is 230 g/mol. The normalized spacial score (nSPS) is 25.1. The number of hydrogen-bond donors (Lipinski definition) is 1. The fraction of sp³-hybridized carbons (Fsp3) is 0.333. The Morgan fingerprint density at radius 2 is 2.06 bits per heavy atom. The van der Waals surface area contributed by atoms with Gasteiger partial charge in [-0.3, -0.25) is 0 Å². The molecule has 0 amide bonds. The van der Waals surface area contributed by atoms with Gasteiger partial charge in [-0.25, -0.2) is 0 Å². The van der Waals surface area contributed by atoms with Gasteiger partial charge in [-0.05, 0) is 31.2 Å². The van der Waals surface area contributed by atoms with Crippen molar-refractivity contribution in [3.63, 3.8) is 0 Å². The molecule has 1 heteroatoms. The Morgan fingerprint density at radius 1 is 1.25 bits per heavy atom. The molecule has 0 nitrogen and oxygen atoms in total. The van der Waals surface area contributed by atoms with Crippen molar-refractivity contribution in [3.8, 4) is 0 Å². The molecule has 0 saturated heterocycles. The smallest absolute Gasteiger partial charge is 0.0343 e. The van der Waals surface area contributed by atoms with Gasteiger partial charge in [0.05, 0.1) is 0 Å². The van der Waals surface area contributed by atoms with E-state index in [9.17, 15) is 0 Å². The molecule has 0 aliphatic heterocycles. The van der Waals surface area contributed by atoms with Gasteiger partial charge in [-0.15, -0.1) is 0 Å². The lowest BCUT2D eigenvalue weighted by Gasteiger charge is -2.26. The molecule has 0 bridgehead atoms. The fourth-order valence-electron chi connectivity index (χ4n) is 2.05. The van der Waals surface area contributed by atoms with Gasteiger partial charge in [-0.1, -0.05) is 54.6 Å². The Morgan fingerprint density at radius 3 is 2.75 bits per heavy atom. The summed E-state index contributed by atoms with van der Waals surface area (Å²) in [5.41, 5.74) is 1.26. The molecule has 2 rings (SSSR count). The summed E-state index contributed by atoms with van der Waals surface area (Å²) in [4.78, 5) is 0. The highest BCUT2D eigenvalue weighted by Crippen LogP contribution is 2.32. The molecular formula is C15H18S. The summed E-state index contributed by atoms with van der Waals surface area (Å²) in [5.74, 6) is 0. The lowest BCUT2D eigenvalue weighted by molar-refractivity contribution is 0.595. The fourth-order valence-corrected chi connectivity index (χ4v) is 2.41. The third-order valence-electron chi connectivity index (χ3n) is 2.99. The maximum atomic E-state index is 4.76. The Balaban J connectivity index is 1.94. The lowest BCUT2D eigenvalue weighted by Crippen LogP contribution is -2.19. The molecule has 1 aliphatic rings. The minimum Gasteiger partial charge on any atom is -0.168 e. The molecule has 0 unspecified atom stereocenters. The van der Waals surface area contributed by atoms with Crippen molar-refractivity contribution in [2.75, 3.05) is 0 Å². The van der Waals surface area contributed by atoms with Crippen LogP contribution in [0.15, 0.2) is 48.6 Å². The number of benzene rings is 1. The van der Waals surface area contributed by atoms with Crippen molar-refractivity contribution in [1.29, 1.82) is 0 Å². The van der Waals surface area contributed by atoms with E-state index >= 15 is 0 Å². The van der Waals surface area contributed by atoms with E-state index in [1.54, 1.807) is 0 Å². The second-order valence-corrected chi connectivity index (χ2v) is 5.31. The van der Waals surface area contributed by atoms with Crippen molar-refractivity contribution < 1.29 is 0 Å². The first-order valence-electron chi connectivity index (χ1n) is 5.90. The largest absolute Gasteiger partial charge is 0.168 e. The van der Waals surface area contributed by atoms with Crippen molar-refractivity contribution >= 4 is 18.7 Å². The summed E-state index contributed by atoms with van der Waals surface area (Å²) in [6.45, 7) is 0. The summed E-state index contributed by atoms with van der Waals surface area (Å²) < 4.78 is 0.0868. The molecule has 1 atom stereocenters. The summed E-state index contributed by atoms with van der Waals surface area (Å²) in [7, 11) is 0. The number of allylic oxidation sites excluding steroid dienone is 2. The van der Waals surface area contributed by atoms with Crippen LogP contribution in [-0.4, -0.2) is 4.75 Å². The zero-order chi connectivity index (χ0) is 11.3. The minimum atomic E-state index is 0.0868. The van der Waals surface area contributed by atoms with Gasteiger partial charge in [-0.2, -0.15) is 12.6 Å². The zero-order valence-corrected chi connectivity index (χ0v) is 10.4. The third-order valence-corrected chi connectivity index (χ3v) is 3.55. The van der Waals surface area contributed by atoms with Gasteiger partial charge in [0.15, 0.2) is 0 Å². The molecule has 16 heavy (non-hydrogen) atoms. The molecule has 0 heterocycles. The highest BCUT2D eigenvalue weighted by atomic mass is 32.1. The molecule has 84 valence electrons. The molecular weight excluding hydrogens is 212 g/mol. The van der Waals surface area contributed by atoms with Crippen molar-refractivity contribution in [2.45, 2.75) is 30.4 Å². The summed E-state index contributed by atoms with van der Waals surface area (Å²) >= 11 is 4.76. The van der Waals surface area contributed by atoms with Gasteiger partial charge in [0, 0.05) is 4.75 Å².